The first-order valence-electron chi connectivity index (χ1n) is 6.69. The number of nitrogens with one attached hydrogen (secondary N) is 1. The Balaban J connectivity index is 1.89. The van der Waals surface area contributed by atoms with Gasteiger partial charge in [-0.25, -0.2) is 0 Å². The van der Waals surface area contributed by atoms with Crippen LogP contribution in [0.25, 0.3) is 10.9 Å². The summed E-state index contributed by atoms with van der Waals surface area (Å²) < 4.78 is 0. The van der Waals surface area contributed by atoms with Crippen LogP contribution in [-0.4, -0.2) is 23.0 Å². The maximum absolute atomic E-state index is 3.57. The quantitative estimate of drug-likeness (QED) is 0.853. The molecule has 0 radical (unpaired) electrons. The van der Waals surface area contributed by atoms with Crippen LogP contribution in [0.1, 0.15) is 31.0 Å². The van der Waals surface area contributed by atoms with Gasteiger partial charge in [0.15, 0.2) is 0 Å². The van der Waals surface area contributed by atoms with Gasteiger partial charge in [-0.1, -0.05) is 31.5 Å². The lowest BCUT2D eigenvalue weighted by molar-refractivity contribution is 0.250. The zero-order chi connectivity index (χ0) is 11.7. The summed E-state index contributed by atoms with van der Waals surface area (Å²) >= 11 is 0. The number of hydrogen-bond acceptors (Lipinski definition) is 1. The van der Waals surface area contributed by atoms with Crippen LogP contribution < -0.4 is 0 Å². The minimum atomic E-state index is 1.12. The highest BCUT2D eigenvalue weighted by Gasteiger charge is 2.19. The van der Waals surface area contributed by atoms with Gasteiger partial charge in [-0.15, -0.1) is 0 Å². The Morgan fingerprint density at radius 3 is 3.06 bits per heavy atom. The lowest BCUT2D eigenvalue weighted by atomic mass is 10.0. The Morgan fingerprint density at radius 2 is 2.18 bits per heavy atom. The summed E-state index contributed by atoms with van der Waals surface area (Å²) in [6, 6.07) is 8.68. The molecule has 0 unspecified atom stereocenters. The Bertz CT molecular complexity index is 513. The number of fused-ring (bicyclic) bond motifs is 3. The highest BCUT2D eigenvalue weighted by molar-refractivity contribution is 5.84. The van der Waals surface area contributed by atoms with Crippen LogP contribution >= 0.6 is 0 Å². The predicted octanol–water partition coefficient (Wildman–Crippen LogP) is 3.33. The number of para-hydroxylation sites is 1. The van der Waals surface area contributed by atoms with Gasteiger partial charge in [-0.2, -0.15) is 0 Å². The Hall–Kier alpha value is -1.28. The van der Waals surface area contributed by atoms with Gasteiger partial charge < -0.3 is 4.98 Å². The summed E-state index contributed by atoms with van der Waals surface area (Å²) in [4.78, 5) is 6.16. The number of benzene rings is 1. The van der Waals surface area contributed by atoms with Crippen molar-refractivity contribution in [2.45, 2.75) is 32.7 Å². The van der Waals surface area contributed by atoms with Crippen LogP contribution in [0.4, 0.5) is 0 Å². The average Bonchev–Trinajstić information content (AvgIpc) is 2.74. The van der Waals surface area contributed by atoms with E-state index >= 15 is 0 Å². The molecule has 0 atom stereocenters. The molecule has 0 saturated heterocycles. The highest BCUT2D eigenvalue weighted by atomic mass is 15.1. The summed E-state index contributed by atoms with van der Waals surface area (Å²) in [5.41, 5.74) is 4.29. The topological polar surface area (TPSA) is 19.0 Å². The van der Waals surface area contributed by atoms with Gasteiger partial charge in [-0.3, -0.25) is 4.90 Å². The van der Waals surface area contributed by atoms with Crippen molar-refractivity contribution < 1.29 is 0 Å². The zero-order valence-electron chi connectivity index (χ0n) is 10.5. The highest BCUT2D eigenvalue weighted by Crippen LogP contribution is 2.27. The van der Waals surface area contributed by atoms with Gasteiger partial charge in [0, 0.05) is 36.1 Å². The molecular formula is C15H20N2. The molecule has 17 heavy (non-hydrogen) atoms. The fourth-order valence-electron chi connectivity index (χ4n) is 2.79. The van der Waals surface area contributed by atoms with E-state index in [1.807, 2.05) is 0 Å². The molecule has 0 amide bonds. The number of hydrogen-bond donors (Lipinski definition) is 1. The van der Waals surface area contributed by atoms with Crippen molar-refractivity contribution in [2.24, 2.45) is 0 Å². The number of unbranched alkanes of at least 4 members (excludes halogenated alkanes) is 1. The van der Waals surface area contributed by atoms with E-state index < -0.39 is 0 Å². The lowest BCUT2D eigenvalue weighted by Crippen LogP contribution is -2.31. The third kappa shape index (κ3) is 1.98. The third-order valence-corrected chi connectivity index (χ3v) is 3.79. The van der Waals surface area contributed by atoms with Crippen LogP contribution in [0.5, 0.6) is 0 Å². The van der Waals surface area contributed by atoms with E-state index in [1.165, 1.54) is 54.5 Å². The number of aromatic amines is 1. The molecule has 2 aromatic rings. The Kier molecular flexibility index (Phi) is 2.89. The molecular weight excluding hydrogens is 208 g/mol. The summed E-state index contributed by atoms with van der Waals surface area (Å²) in [7, 11) is 0. The van der Waals surface area contributed by atoms with Gasteiger partial charge in [0.05, 0.1) is 0 Å². The van der Waals surface area contributed by atoms with Crippen LogP contribution in [0.3, 0.4) is 0 Å². The smallest absolute Gasteiger partial charge is 0.0459 e. The minimum Gasteiger partial charge on any atom is -0.358 e. The van der Waals surface area contributed by atoms with Crippen molar-refractivity contribution in [1.29, 1.82) is 0 Å². The summed E-state index contributed by atoms with van der Waals surface area (Å²) in [5.74, 6) is 0. The van der Waals surface area contributed by atoms with Crippen molar-refractivity contribution in [3.8, 4) is 0 Å². The van der Waals surface area contributed by atoms with E-state index in [2.05, 4.69) is 41.1 Å². The van der Waals surface area contributed by atoms with E-state index in [4.69, 9.17) is 0 Å². The molecule has 3 rings (SSSR count). The van der Waals surface area contributed by atoms with Crippen molar-refractivity contribution >= 4 is 10.9 Å². The molecule has 2 heteroatoms. The van der Waals surface area contributed by atoms with Crippen molar-refractivity contribution in [2.75, 3.05) is 13.1 Å². The van der Waals surface area contributed by atoms with Gasteiger partial charge >= 0.3 is 0 Å². The maximum Gasteiger partial charge on any atom is 0.0459 e. The zero-order valence-corrected chi connectivity index (χ0v) is 10.5. The van der Waals surface area contributed by atoms with E-state index in [0.717, 1.165) is 6.54 Å². The third-order valence-electron chi connectivity index (χ3n) is 3.79. The van der Waals surface area contributed by atoms with Gasteiger partial charge in [0.25, 0.3) is 0 Å². The summed E-state index contributed by atoms with van der Waals surface area (Å²) in [5, 5.41) is 1.42. The molecule has 2 heterocycles. The molecule has 2 nitrogen and oxygen atoms in total. The number of H-pyrrole nitrogens is 1. The molecule has 0 spiro atoms. The number of rotatable bonds is 3. The van der Waals surface area contributed by atoms with Gasteiger partial charge in [0.1, 0.15) is 0 Å². The van der Waals surface area contributed by atoms with E-state index in [1.54, 1.807) is 0 Å². The average molecular weight is 228 g/mol. The van der Waals surface area contributed by atoms with Gasteiger partial charge in [0.2, 0.25) is 0 Å². The monoisotopic (exact) mass is 228 g/mol. The summed E-state index contributed by atoms with van der Waals surface area (Å²) in [6.07, 6.45) is 3.78. The molecule has 0 saturated carbocycles. The van der Waals surface area contributed by atoms with Crippen molar-refractivity contribution in [3.05, 3.63) is 35.5 Å². The molecule has 90 valence electrons. The van der Waals surface area contributed by atoms with Crippen molar-refractivity contribution in [3.63, 3.8) is 0 Å². The first kappa shape index (κ1) is 10.8. The van der Waals surface area contributed by atoms with Crippen LogP contribution in [0.15, 0.2) is 24.3 Å². The largest absolute Gasteiger partial charge is 0.358 e. The fraction of sp³-hybridized carbons (Fsp3) is 0.467. The fourth-order valence-corrected chi connectivity index (χ4v) is 2.79. The Morgan fingerprint density at radius 1 is 1.29 bits per heavy atom. The second kappa shape index (κ2) is 4.53. The maximum atomic E-state index is 3.57. The summed E-state index contributed by atoms with van der Waals surface area (Å²) in [6.45, 7) is 5.84. The minimum absolute atomic E-state index is 1.12. The lowest BCUT2D eigenvalue weighted by Gasteiger charge is -2.26. The van der Waals surface area contributed by atoms with E-state index in [-0.39, 0.29) is 0 Å². The SMILES string of the molecule is CCCCN1CCc2[nH]c3ccccc3c2C1. The van der Waals surface area contributed by atoms with Crippen LogP contribution in [-0.2, 0) is 13.0 Å². The molecule has 0 aliphatic carbocycles. The van der Waals surface area contributed by atoms with E-state index in [9.17, 15) is 0 Å². The first-order valence-corrected chi connectivity index (χ1v) is 6.69. The van der Waals surface area contributed by atoms with Crippen LogP contribution in [0, 0.1) is 0 Å². The van der Waals surface area contributed by atoms with Crippen molar-refractivity contribution in [1.82, 2.24) is 9.88 Å². The second-order valence-electron chi connectivity index (χ2n) is 5.01. The standard InChI is InChI=1S/C15H20N2/c1-2-3-9-17-10-8-15-13(11-17)12-6-4-5-7-14(12)16-15/h4-7,16H,2-3,8-11H2,1H3. The number of aromatic nitrogens is 1. The molecule has 0 bridgehead atoms. The predicted molar refractivity (Wildman–Crippen MR) is 72.2 cm³/mol. The second-order valence-corrected chi connectivity index (χ2v) is 5.01. The molecule has 0 fully saturated rings. The normalized spacial score (nSPS) is 16.3. The molecule has 1 aliphatic heterocycles. The number of nitrogens with zero attached hydrogens (tertiary/aromatic N) is 1. The molecule has 1 aromatic carbocycles. The molecule has 1 N–H and O–H groups in total. The van der Waals surface area contributed by atoms with Gasteiger partial charge in [-0.05, 0) is 24.6 Å². The Labute approximate surface area is 103 Å². The van der Waals surface area contributed by atoms with E-state index in [0.29, 0.717) is 0 Å². The molecule has 1 aromatic heterocycles. The molecule has 1 aliphatic rings. The first-order chi connectivity index (χ1) is 8.38. The van der Waals surface area contributed by atoms with Crippen LogP contribution in [0.2, 0.25) is 0 Å².